The van der Waals surface area contributed by atoms with Crippen LogP contribution < -0.4 is 0 Å². The quantitative estimate of drug-likeness (QED) is 0.596. The van der Waals surface area contributed by atoms with E-state index in [9.17, 15) is 0 Å². The Morgan fingerprint density at radius 3 is 2.67 bits per heavy atom. The summed E-state index contributed by atoms with van der Waals surface area (Å²) in [5, 5.41) is 7.87. The first-order valence-corrected chi connectivity index (χ1v) is 4.78. The van der Waals surface area contributed by atoms with Gasteiger partial charge in [-0.3, -0.25) is 4.40 Å². The zero-order valence-corrected chi connectivity index (χ0v) is 8.04. The molecule has 3 nitrogen and oxygen atoms in total. The molecular formula is C12H9N3. The van der Waals surface area contributed by atoms with E-state index in [0.29, 0.717) is 0 Å². The lowest BCUT2D eigenvalue weighted by molar-refractivity contribution is 1.10. The summed E-state index contributed by atoms with van der Waals surface area (Å²) >= 11 is 0. The van der Waals surface area contributed by atoms with Crippen LogP contribution >= 0.6 is 0 Å². The fourth-order valence-electron chi connectivity index (χ4n) is 1.63. The number of rotatable bonds is 1. The van der Waals surface area contributed by atoms with Gasteiger partial charge < -0.3 is 0 Å². The van der Waals surface area contributed by atoms with Crippen molar-refractivity contribution in [2.24, 2.45) is 0 Å². The average Bonchev–Trinajstić information content (AvgIpc) is 2.77. The number of benzene rings is 1. The van der Waals surface area contributed by atoms with E-state index in [4.69, 9.17) is 0 Å². The van der Waals surface area contributed by atoms with Crippen molar-refractivity contribution >= 4 is 5.65 Å². The van der Waals surface area contributed by atoms with Gasteiger partial charge in [-0.05, 0) is 23.3 Å². The van der Waals surface area contributed by atoms with Crippen LogP contribution in [0.3, 0.4) is 0 Å². The predicted molar refractivity (Wildman–Crippen MR) is 58.4 cm³/mol. The Morgan fingerprint density at radius 2 is 1.80 bits per heavy atom. The minimum Gasteiger partial charge on any atom is -0.289 e. The molecule has 0 radical (unpaired) electrons. The van der Waals surface area contributed by atoms with Crippen LogP contribution in [0.5, 0.6) is 0 Å². The van der Waals surface area contributed by atoms with Crippen molar-refractivity contribution in [1.82, 2.24) is 14.6 Å². The smallest absolute Gasteiger partial charge is 0.161 e. The lowest BCUT2D eigenvalue weighted by Crippen LogP contribution is -1.84. The van der Waals surface area contributed by atoms with Crippen LogP contribution in [0.25, 0.3) is 16.8 Å². The maximum absolute atomic E-state index is 4.02. The molecule has 0 amide bonds. The van der Waals surface area contributed by atoms with E-state index in [1.54, 1.807) is 6.33 Å². The molecule has 0 aliphatic carbocycles. The number of pyridine rings is 1. The van der Waals surface area contributed by atoms with Gasteiger partial charge in [-0.1, -0.05) is 30.3 Å². The monoisotopic (exact) mass is 195 g/mol. The Hall–Kier alpha value is -2.16. The van der Waals surface area contributed by atoms with Crippen molar-refractivity contribution in [3.05, 3.63) is 55.0 Å². The van der Waals surface area contributed by atoms with Crippen molar-refractivity contribution in [1.29, 1.82) is 0 Å². The summed E-state index contributed by atoms with van der Waals surface area (Å²) < 4.78 is 1.90. The average molecular weight is 195 g/mol. The highest BCUT2D eigenvalue weighted by molar-refractivity contribution is 5.66. The van der Waals surface area contributed by atoms with Gasteiger partial charge in [-0.25, -0.2) is 0 Å². The molecule has 0 fully saturated rings. The van der Waals surface area contributed by atoms with Crippen molar-refractivity contribution in [3.8, 4) is 11.1 Å². The lowest BCUT2D eigenvalue weighted by Gasteiger charge is -2.00. The molecule has 3 heteroatoms. The highest BCUT2D eigenvalue weighted by atomic mass is 15.2. The van der Waals surface area contributed by atoms with E-state index in [0.717, 1.165) is 11.2 Å². The molecule has 3 rings (SSSR count). The van der Waals surface area contributed by atoms with E-state index >= 15 is 0 Å². The first-order valence-electron chi connectivity index (χ1n) is 4.78. The first-order chi connectivity index (χ1) is 7.43. The van der Waals surface area contributed by atoms with Gasteiger partial charge in [0.15, 0.2) is 5.65 Å². The summed E-state index contributed by atoms with van der Waals surface area (Å²) in [7, 11) is 0. The lowest BCUT2D eigenvalue weighted by atomic mass is 10.1. The molecule has 0 aliphatic heterocycles. The third-order valence-corrected chi connectivity index (χ3v) is 2.41. The second-order valence-corrected chi connectivity index (χ2v) is 3.38. The number of aromatic nitrogens is 3. The molecule has 2 aromatic heterocycles. The van der Waals surface area contributed by atoms with E-state index < -0.39 is 0 Å². The van der Waals surface area contributed by atoms with E-state index in [2.05, 4.69) is 28.4 Å². The molecule has 0 atom stereocenters. The summed E-state index contributed by atoms with van der Waals surface area (Å²) in [5.41, 5.74) is 3.23. The highest BCUT2D eigenvalue weighted by Gasteiger charge is 1.99. The molecule has 0 aliphatic rings. The predicted octanol–water partition coefficient (Wildman–Crippen LogP) is 2.40. The van der Waals surface area contributed by atoms with Crippen LogP contribution in [0.2, 0.25) is 0 Å². The van der Waals surface area contributed by atoms with E-state index in [-0.39, 0.29) is 0 Å². The van der Waals surface area contributed by atoms with Gasteiger partial charge in [-0.15, -0.1) is 10.2 Å². The second-order valence-electron chi connectivity index (χ2n) is 3.38. The molecular weight excluding hydrogens is 186 g/mol. The molecule has 0 saturated carbocycles. The Morgan fingerprint density at radius 1 is 0.933 bits per heavy atom. The Kier molecular flexibility index (Phi) is 1.75. The van der Waals surface area contributed by atoms with Crippen molar-refractivity contribution in [2.45, 2.75) is 0 Å². The van der Waals surface area contributed by atoms with Gasteiger partial charge in [0.2, 0.25) is 0 Å². The van der Waals surface area contributed by atoms with Gasteiger partial charge in [-0.2, -0.15) is 0 Å². The molecule has 0 N–H and O–H groups in total. The highest BCUT2D eigenvalue weighted by Crippen LogP contribution is 2.19. The maximum Gasteiger partial charge on any atom is 0.161 e. The largest absolute Gasteiger partial charge is 0.289 e. The first kappa shape index (κ1) is 8.17. The fourth-order valence-corrected chi connectivity index (χ4v) is 1.63. The minimum absolute atomic E-state index is 0.872. The third-order valence-electron chi connectivity index (χ3n) is 2.41. The molecule has 72 valence electrons. The van der Waals surface area contributed by atoms with Gasteiger partial charge >= 0.3 is 0 Å². The summed E-state index contributed by atoms with van der Waals surface area (Å²) in [4.78, 5) is 0. The topological polar surface area (TPSA) is 30.2 Å². The number of hydrogen-bond acceptors (Lipinski definition) is 2. The zero-order valence-electron chi connectivity index (χ0n) is 8.04. The normalized spacial score (nSPS) is 10.7. The summed E-state index contributed by atoms with van der Waals surface area (Å²) in [6.07, 6.45) is 3.67. The van der Waals surface area contributed by atoms with Crippen LogP contribution in [0, 0.1) is 0 Å². The fraction of sp³-hybridized carbons (Fsp3) is 0. The Bertz CT molecular complexity index is 584. The second kappa shape index (κ2) is 3.20. The van der Waals surface area contributed by atoms with Crippen LogP contribution in [0.4, 0.5) is 0 Å². The van der Waals surface area contributed by atoms with Crippen LogP contribution in [0.1, 0.15) is 0 Å². The SMILES string of the molecule is c1ccc(-c2ccn3cnnc3c2)cc1. The van der Waals surface area contributed by atoms with Crippen LogP contribution in [-0.4, -0.2) is 14.6 Å². The van der Waals surface area contributed by atoms with Crippen LogP contribution in [-0.2, 0) is 0 Å². The number of hydrogen-bond donors (Lipinski definition) is 0. The minimum atomic E-state index is 0.872. The summed E-state index contributed by atoms with van der Waals surface area (Å²) in [5.74, 6) is 0. The molecule has 0 unspecified atom stereocenters. The molecule has 3 aromatic rings. The Labute approximate surface area is 87.0 Å². The van der Waals surface area contributed by atoms with Crippen molar-refractivity contribution < 1.29 is 0 Å². The molecule has 2 heterocycles. The Balaban J connectivity index is 2.19. The van der Waals surface area contributed by atoms with Gasteiger partial charge in [0, 0.05) is 6.20 Å². The van der Waals surface area contributed by atoms with E-state index in [1.807, 2.05) is 34.9 Å². The van der Waals surface area contributed by atoms with Gasteiger partial charge in [0.05, 0.1) is 0 Å². The summed E-state index contributed by atoms with van der Waals surface area (Å²) in [6, 6.07) is 14.3. The van der Waals surface area contributed by atoms with Gasteiger partial charge in [0.1, 0.15) is 6.33 Å². The zero-order chi connectivity index (χ0) is 10.1. The summed E-state index contributed by atoms with van der Waals surface area (Å²) in [6.45, 7) is 0. The molecule has 0 bridgehead atoms. The molecule has 15 heavy (non-hydrogen) atoms. The van der Waals surface area contributed by atoms with Gasteiger partial charge in [0.25, 0.3) is 0 Å². The standard InChI is InChI=1S/C12H9N3/c1-2-4-10(5-3-1)11-6-7-15-9-13-14-12(15)8-11/h1-9H. The van der Waals surface area contributed by atoms with Crippen LogP contribution in [0.15, 0.2) is 55.0 Å². The van der Waals surface area contributed by atoms with Crippen molar-refractivity contribution in [3.63, 3.8) is 0 Å². The third kappa shape index (κ3) is 1.38. The maximum atomic E-state index is 4.02. The number of fused-ring (bicyclic) bond motifs is 1. The molecule has 1 aromatic carbocycles. The van der Waals surface area contributed by atoms with Crippen molar-refractivity contribution in [2.75, 3.05) is 0 Å². The van der Waals surface area contributed by atoms with E-state index in [1.165, 1.54) is 5.56 Å². The molecule has 0 saturated heterocycles. The molecule has 0 spiro atoms. The number of nitrogens with zero attached hydrogens (tertiary/aromatic N) is 3.